The van der Waals surface area contributed by atoms with Gasteiger partial charge in [0.25, 0.3) is 0 Å². The molecule has 0 aliphatic rings. The summed E-state index contributed by atoms with van der Waals surface area (Å²) in [6.45, 7) is 4.62. The molecule has 0 radical (unpaired) electrons. The molecule has 224 valence electrons. The van der Waals surface area contributed by atoms with Gasteiger partial charge in [0.1, 0.15) is 0 Å². The van der Waals surface area contributed by atoms with Crippen LogP contribution in [0.4, 0.5) is 0 Å². The predicted octanol–water partition coefficient (Wildman–Crippen LogP) is 14.2. The standard InChI is InChI=1S/C37H75.Sn/c1-3-5-7-9-11-13-15-17-19-21-23-25-27-29-31-33-35-37-36-34-32-30-28-26-24-22-20-18-16-14-12-10-8-6-4-2;/h37H,3-36H2,1-2H3;/q;+3. The van der Waals surface area contributed by atoms with Gasteiger partial charge in [-0.05, 0) is 0 Å². The van der Waals surface area contributed by atoms with Crippen LogP contribution in [0.2, 0.25) is 3.93 Å². The minimum absolute atomic E-state index is 1.06. The number of hydrogen-bond acceptors (Lipinski definition) is 0. The summed E-state index contributed by atoms with van der Waals surface area (Å²) in [5, 5.41) is 0. The van der Waals surface area contributed by atoms with Crippen molar-refractivity contribution in [2.45, 2.75) is 236 Å². The number of rotatable bonds is 34. The van der Waals surface area contributed by atoms with Crippen molar-refractivity contribution >= 4 is 22.5 Å². The Morgan fingerprint density at radius 2 is 0.421 bits per heavy atom. The molecule has 0 spiro atoms. The molecule has 1 heteroatoms. The molecular formula is C37H75Sn+3. The van der Waals surface area contributed by atoms with Gasteiger partial charge in [0.15, 0.2) is 0 Å². The van der Waals surface area contributed by atoms with Gasteiger partial charge in [0, 0.05) is 0 Å². The molecule has 0 nitrogen and oxygen atoms in total. The van der Waals surface area contributed by atoms with Crippen LogP contribution in [0.15, 0.2) is 0 Å². The summed E-state index contributed by atoms with van der Waals surface area (Å²) in [5.74, 6) is 0. The van der Waals surface area contributed by atoms with E-state index in [-0.39, 0.29) is 0 Å². The van der Waals surface area contributed by atoms with Crippen LogP contribution >= 0.6 is 0 Å². The zero-order valence-electron chi connectivity index (χ0n) is 27.1. The van der Waals surface area contributed by atoms with Gasteiger partial charge in [0.05, 0.1) is 0 Å². The zero-order chi connectivity index (χ0) is 27.6. The predicted molar refractivity (Wildman–Crippen MR) is 178 cm³/mol. The third kappa shape index (κ3) is 34.8. The Morgan fingerprint density at radius 1 is 0.263 bits per heavy atom. The Balaban J connectivity index is 3.13. The number of hydrogen-bond donors (Lipinski definition) is 0. The molecule has 0 rings (SSSR count). The Kier molecular flexibility index (Phi) is 36.6. The van der Waals surface area contributed by atoms with Crippen LogP contribution < -0.4 is 0 Å². The summed E-state index contributed by atoms with van der Waals surface area (Å²) < 4.78 is 1.06. The molecule has 0 unspecified atom stereocenters. The van der Waals surface area contributed by atoms with Crippen molar-refractivity contribution < 1.29 is 0 Å². The third-order valence-electron chi connectivity index (χ3n) is 8.81. The van der Waals surface area contributed by atoms with Gasteiger partial charge >= 0.3 is 168 Å². The molecule has 0 atom stereocenters. The van der Waals surface area contributed by atoms with Crippen molar-refractivity contribution in [1.82, 2.24) is 0 Å². The first kappa shape index (κ1) is 38.8. The first-order chi connectivity index (χ1) is 18.8. The van der Waals surface area contributed by atoms with Crippen molar-refractivity contribution in [2.24, 2.45) is 0 Å². The van der Waals surface area contributed by atoms with E-state index in [0.717, 1.165) is 3.93 Å². The fraction of sp³-hybridized carbons (Fsp3) is 1.00. The van der Waals surface area contributed by atoms with Crippen molar-refractivity contribution in [1.29, 1.82) is 0 Å². The van der Waals surface area contributed by atoms with Gasteiger partial charge in [0.2, 0.25) is 0 Å². The van der Waals surface area contributed by atoms with Crippen LogP contribution in [0.25, 0.3) is 0 Å². The van der Waals surface area contributed by atoms with Crippen LogP contribution in [0.1, 0.15) is 232 Å². The van der Waals surface area contributed by atoms with E-state index in [9.17, 15) is 0 Å². The molecule has 0 heterocycles. The second-order valence-electron chi connectivity index (χ2n) is 12.9. The average Bonchev–Trinajstić information content (AvgIpc) is 2.92. The van der Waals surface area contributed by atoms with Crippen LogP contribution in [-0.2, 0) is 0 Å². The van der Waals surface area contributed by atoms with E-state index >= 15 is 0 Å². The maximum absolute atomic E-state index is 2.31. The molecule has 0 saturated heterocycles. The quantitative estimate of drug-likeness (QED) is 0.0486. The second kappa shape index (κ2) is 35.8. The molecule has 38 heavy (non-hydrogen) atoms. The third-order valence-corrected chi connectivity index (χ3v) is 10.5. The Morgan fingerprint density at radius 3 is 0.605 bits per heavy atom. The van der Waals surface area contributed by atoms with E-state index < -0.39 is 0 Å². The first-order valence-electron chi connectivity index (χ1n) is 18.5. The summed E-state index contributed by atoms with van der Waals surface area (Å²) in [7, 11) is 0. The average molecular weight is 639 g/mol. The molecule has 0 aliphatic heterocycles. The molecule has 0 aromatic rings. The van der Waals surface area contributed by atoms with Crippen LogP contribution in [0, 0.1) is 0 Å². The van der Waals surface area contributed by atoms with E-state index in [1.807, 2.05) is 22.5 Å². The summed E-state index contributed by atoms with van der Waals surface area (Å²) in [5.41, 5.74) is 0. The van der Waals surface area contributed by atoms with Crippen molar-refractivity contribution in [2.75, 3.05) is 0 Å². The van der Waals surface area contributed by atoms with Crippen molar-refractivity contribution in [3.05, 3.63) is 0 Å². The molecule has 0 saturated carbocycles. The van der Waals surface area contributed by atoms with E-state index in [4.69, 9.17) is 0 Å². The maximum atomic E-state index is 2.31. The monoisotopic (exact) mass is 639 g/mol. The summed E-state index contributed by atoms with van der Waals surface area (Å²) in [6, 6.07) is 0. The Hall–Kier alpha value is 0.799. The molecule has 0 N–H and O–H groups in total. The second-order valence-corrected chi connectivity index (χ2v) is 15.2. The molecule has 0 aromatic carbocycles. The summed E-state index contributed by atoms with van der Waals surface area (Å²) in [6.07, 6.45) is 50.5. The van der Waals surface area contributed by atoms with E-state index in [1.54, 1.807) is 0 Å². The van der Waals surface area contributed by atoms with Crippen molar-refractivity contribution in [3.8, 4) is 0 Å². The first-order valence-corrected chi connectivity index (χ1v) is 20.2. The molecule has 0 aromatic heterocycles. The minimum Gasteiger partial charge on any atom is -0.0654 e. The van der Waals surface area contributed by atoms with Gasteiger partial charge < -0.3 is 0 Å². The number of unbranched alkanes of at least 4 members (excludes halogenated alkanes) is 30. The molecule has 0 amide bonds. The van der Waals surface area contributed by atoms with Crippen molar-refractivity contribution in [3.63, 3.8) is 0 Å². The topological polar surface area (TPSA) is 0 Å². The normalized spacial score (nSPS) is 11.7. The van der Waals surface area contributed by atoms with E-state index in [0.29, 0.717) is 0 Å². The van der Waals surface area contributed by atoms with Gasteiger partial charge in [-0.25, -0.2) is 0 Å². The summed E-state index contributed by atoms with van der Waals surface area (Å²) >= 11 is 1.81. The fourth-order valence-corrected chi connectivity index (χ4v) is 7.19. The van der Waals surface area contributed by atoms with Gasteiger partial charge in [-0.2, -0.15) is 0 Å². The van der Waals surface area contributed by atoms with E-state index in [1.165, 1.54) is 218 Å². The smallest absolute Gasteiger partial charge is 0.0654 e. The van der Waals surface area contributed by atoms with Gasteiger partial charge in [-0.1, -0.05) is 90.9 Å². The molecule has 0 fully saturated rings. The van der Waals surface area contributed by atoms with Crippen LogP contribution in [0.3, 0.4) is 0 Å². The summed E-state index contributed by atoms with van der Waals surface area (Å²) in [4.78, 5) is 0. The molecule has 0 bridgehead atoms. The molecule has 0 aliphatic carbocycles. The van der Waals surface area contributed by atoms with Crippen LogP contribution in [-0.4, -0.2) is 22.5 Å². The van der Waals surface area contributed by atoms with Gasteiger partial charge in [-0.3, -0.25) is 0 Å². The SMILES string of the molecule is CCCCCCCCCCCCCCCCCC[CH]([Sn+3])CCCCCCCCCCCCCCCCCC. The Labute approximate surface area is 257 Å². The fourth-order valence-electron chi connectivity index (χ4n) is 6.02. The zero-order valence-corrected chi connectivity index (χ0v) is 30.0. The molecular weight excluding hydrogens is 563 g/mol. The van der Waals surface area contributed by atoms with Gasteiger partial charge in [-0.15, -0.1) is 0 Å². The van der Waals surface area contributed by atoms with E-state index in [2.05, 4.69) is 13.8 Å². The Bertz CT molecular complexity index is 356. The van der Waals surface area contributed by atoms with Crippen LogP contribution in [0.5, 0.6) is 0 Å². The minimum atomic E-state index is 1.06.